The second-order valence-corrected chi connectivity index (χ2v) is 9.25. The van der Waals surface area contributed by atoms with Gasteiger partial charge in [0.25, 0.3) is 0 Å². The first-order valence-electron chi connectivity index (χ1n) is 11.4. The molecule has 184 valence electrons. The van der Waals surface area contributed by atoms with Gasteiger partial charge in [-0.25, -0.2) is 22.4 Å². The smallest absolute Gasteiger partial charge is 0.349 e. The van der Waals surface area contributed by atoms with Gasteiger partial charge in [0.1, 0.15) is 34.6 Å². The molecule has 0 radical (unpaired) electrons. The van der Waals surface area contributed by atoms with Crippen molar-refractivity contribution in [1.29, 1.82) is 0 Å². The van der Waals surface area contributed by atoms with E-state index in [2.05, 4.69) is 6.92 Å². The molecule has 0 N–H and O–H groups in total. The van der Waals surface area contributed by atoms with Crippen molar-refractivity contribution in [2.24, 2.45) is 5.92 Å². The molecule has 4 rings (SSSR count). The first kappa shape index (κ1) is 24.9. The topological polar surface area (TPSA) is 35.5 Å². The van der Waals surface area contributed by atoms with E-state index in [1.165, 1.54) is 6.92 Å². The Morgan fingerprint density at radius 1 is 0.857 bits per heavy atom. The van der Waals surface area contributed by atoms with Gasteiger partial charge in [0, 0.05) is 24.3 Å². The Labute approximate surface area is 201 Å². The quantitative estimate of drug-likeness (QED) is 0.217. The molecule has 2 unspecified atom stereocenters. The number of carbonyl (C=O) groups excluding carboxylic acids is 1. The van der Waals surface area contributed by atoms with Crippen LogP contribution in [0.25, 0.3) is 11.1 Å². The largest absolute Gasteiger partial charge is 0.423 e. The van der Waals surface area contributed by atoms with Crippen molar-refractivity contribution in [2.75, 3.05) is 6.61 Å². The van der Waals surface area contributed by atoms with Crippen LogP contribution in [-0.2, 0) is 4.74 Å². The van der Waals surface area contributed by atoms with E-state index < -0.39 is 40.6 Å². The van der Waals surface area contributed by atoms with E-state index in [0.29, 0.717) is 18.1 Å². The minimum atomic E-state index is -1.39. The van der Waals surface area contributed by atoms with Gasteiger partial charge in [0.05, 0.1) is 6.10 Å². The Hall–Kier alpha value is -3.19. The molecule has 3 aromatic rings. The number of hydrogen-bond acceptors (Lipinski definition) is 3. The molecular weight excluding hydrogens is 460 g/mol. The van der Waals surface area contributed by atoms with Crippen LogP contribution < -0.4 is 4.74 Å². The third-order valence-electron chi connectivity index (χ3n) is 6.43. The molecule has 0 saturated carbocycles. The van der Waals surface area contributed by atoms with E-state index in [1.807, 2.05) is 26.0 Å². The first-order valence-corrected chi connectivity index (χ1v) is 11.4. The summed E-state index contributed by atoms with van der Waals surface area (Å²) in [5.74, 6) is -5.50. The van der Waals surface area contributed by atoms with Crippen molar-refractivity contribution in [3.05, 3.63) is 87.5 Å². The minimum absolute atomic E-state index is 0.0142. The monoisotopic (exact) mass is 486 g/mol. The van der Waals surface area contributed by atoms with Gasteiger partial charge in [0.2, 0.25) is 0 Å². The zero-order valence-corrected chi connectivity index (χ0v) is 20.0. The highest BCUT2D eigenvalue weighted by Gasteiger charge is 2.25. The fraction of sp³-hybridized carbons (Fsp3) is 0.321. The maximum absolute atomic E-state index is 14.9. The van der Waals surface area contributed by atoms with Crippen molar-refractivity contribution in [3.8, 4) is 16.9 Å². The molecule has 0 amide bonds. The normalized spacial score (nSPS) is 17.9. The summed E-state index contributed by atoms with van der Waals surface area (Å²) in [6.45, 7) is 7.77. The maximum atomic E-state index is 14.9. The first-order chi connectivity index (χ1) is 16.5. The van der Waals surface area contributed by atoms with Crippen LogP contribution in [0.3, 0.4) is 0 Å². The predicted molar refractivity (Wildman–Crippen MR) is 124 cm³/mol. The molecule has 3 aromatic carbocycles. The molecule has 1 aliphatic rings. The van der Waals surface area contributed by atoms with Gasteiger partial charge in [-0.05, 0) is 79.5 Å². The van der Waals surface area contributed by atoms with E-state index in [4.69, 9.17) is 9.47 Å². The van der Waals surface area contributed by atoms with E-state index in [0.717, 1.165) is 53.8 Å². The third-order valence-corrected chi connectivity index (χ3v) is 6.43. The van der Waals surface area contributed by atoms with Crippen molar-refractivity contribution in [3.63, 3.8) is 0 Å². The van der Waals surface area contributed by atoms with Gasteiger partial charge in [-0.15, -0.1) is 0 Å². The lowest BCUT2D eigenvalue weighted by Crippen LogP contribution is -2.18. The zero-order valence-electron chi connectivity index (χ0n) is 20.0. The summed E-state index contributed by atoms with van der Waals surface area (Å²) < 4.78 is 68.2. The summed E-state index contributed by atoms with van der Waals surface area (Å²) in [5.41, 5.74) is 2.39. The summed E-state index contributed by atoms with van der Waals surface area (Å²) in [5, 5.41) is 0. The van der Waals surface area contributed by atoms with Gasteiger partial charge in [-0.3, -0.25) is 0 Å². The van der Waals surface area contributed by atoms with Crippen LogP contribution in [-0.4, -0.2) is 12.6 Å². The lowest BCUT2D eigenvalue weighted by atomic mass is 9.89. The summed E-state index contributed by atoms with van der Waals surface area (Å²) in [4.78, 5) is 12.4. The third kappa shape index (κ3) is 5.10. The van der Waals surface area contributed by atoms with Crippen molar-refractivity contribution >= 4 is 5.97 Å². The van der Waals surface area contributed by atoms with Gasteiger partial charge >= 0.3 is 5.97 Å². The fourth-order valence-corrected chi connectivity index (χ4v) is 4.54. The highest BCUT2D eigenvalue weighted by molar-refractivity contribution is 5.92. The minimum Gasteiger partial charge on any atom is -0.423 e. The molecule has 1 saturated heterocycles. The maximum Gasteiger partial charge on any atom is 0.349 e. The molecule has 1 fully saturated rings. The lowest BCUT2D eigenvalue weighted by Gasteiger charge is -2.28. The van der Waals surface area contributed by atoms with Crippen LogP contribution in [0.2, 0.25) is 0 Å². The highest BCUT2D eigenvalue weighted by Crippen LogP contribution is 2.36. The molecule has 7 heteroatoms. The lowest BCUT2D eigenvalue weighted by molar-refractivity contribution is -0.0124. The van der Waals surface area contributed by atoms with Crippen LogP contribution in [0.4, 0.5) is 17.6 Å². The summed E-state index contributed by atoms with van der Waals surface area (Å²) >= 11 is 0. The average Bonchev–Trinajstić information content (AvgIpc) is 2.77. The van der Waals surface area contributed by atoms with E-state index in [1.54, 1.807) is 0 Å². The van der Waals surface area contributed by atoms with Crippen LogP contribution >= 0.6 is 0 Å². The van der Waals surface area contributed by atoms with Crippen LogP contribution in [0, 0.1) is 50.0 Å². The summed E-state index contributed by atoms with van der Waals surface area (Å²) in [7, 11) is 0. The number of carbonyl (C=O) groups is 1. The molecule has 3 nitrogen and oxygen atoms in total. The molecular formula is C28H26F4O3. The SMILES string of the molecule is Cc1cc(C2CCC(C)CO2)cc(C)c1-c1cc(F)c(C(=O)Oc2cc(F)c(C)c(F)c2)c(F)c1. The van der Waals surface area contributed by atoms with Crippen molar-refractivity contribution in [1.82, 2.24) is 0 Å². The number of halogens is 4. The van der Waals surface area contributed by atoms with Gasteiger partial charge < -0.3 is 9.47 Å². The standard InChI is InChI=1S/C28H26F4O3/c1-14-5-6-25(34-13-14)18-7-15(2)26(16(3)8-18)19-9-23(31)27(24(32)10-19)28(33)35-20-11-21(29)17(4)22(30)12-20/h7-12,14,25H,5-6,13H2,1-4H3. The zero-order chi connectivity index (χ0) is 25.4. The van der Waals surface area contributed by atoms with Crippen molar-refractivity contribution < 1.29 is 31.8 Å². The number of aryl methyl sites for hydroxylation is 2. The molecule has 2 atom stereocenters. The molecule has 1 aliphatic heterocycles. The molecule has 0 bridgehead atoms. The van der Waals surface area contributed by atoms with Crippen LogP contribution in [0.5, 0.6) is 5.75 Å². The highest BCUT2D eigenvalue weighted by atomic mass is 19.1. The Morgan fingerprint density at radius 3 is 1.94 bits per heavy atom. The Kier molecular flexibility index (Phi) is 6.99. The second-order valence-electron chi connectivity index (χ2n) is 9.25. The van der Waals surface area contributed by atoms with E-state index in [-0.39, 0.29) is 17.2 Å². The molecule has 0 aromatic heterocycles. The average molecular weight is 487 g/mol. The Bertz CT molecular complexity index is 1220. The Balaban J connectivity index is 1.63. The number of rotatable bonds is 4. The molecule has 0 spiro atoms. The molecule has 1 heterocycles. The van der Waals surface area contributed by atoms with Crippen LogP contribution in [0.1, 0.15) is 58.5 Å². The number of benzene rings is 3. The van der Waals surface area contributed by atoms with Crippen LogP contribution in [0.15, 0.2) is 36.4 Å². The van der Waals surface area contributed by atoms with Gasteiger partial charge in [-0.2, -0.15) is 0 Å². The van der Waals surface area contributed by atoms with Gasteiger partial charge in [0.15, 0.2) is 0 Å². The molecule has 35 heavy (non-hydrogen) atoms. The fourth-order valence-electron chi connectivity index (χ4n) is 4.54. The van der Waals surface area contributed by atoms with Gasteiger partial charge in [-0.1, -0.05) is 19.1 Å². The number of esters is 1. The van der Waals surface area contributed by atoms with E-state index in [9.17, 15) is 22.4 Å². The number of ether oxygens (including phenoxy) is 2. The summed E-state index contributed by atoms with van der Waals surface area (Å²) in [6, 6.07) is 7.60. The molecule has 0 aliphatic carbocycles. The van der Waals surface area contributed by atoms with E-state index >= 15 is 0 Å². The second kappa shape index (κ2) is 9.82. The predicted octanol–water partition coefficient (Wildman–Crippen LogP) is 7.54. The number of hydrogen-bond donors (Lipinski definition) is 0. The van der Waals surface area contributed by atoms with Crippen molar-refractivity contribution in [2.45, 2.75) is 46.6 Å². The Morgan fingerprint density at radius 2 is 1.43 bits per heavy atom. The summed E-state index contributed by atoms with van der Waals surface area (Å²) in [6.07, 6.45) is 1.97.